The van der Waals surface area contributed by atoms with E-state index in [4.69, 9.17) is 5.11 Å². The second-order valence-electron chi connectivity index (χ2n) is 4.42. The van der Waals surface area contributed by atoms with Crippen molar-refractivity contribution in [3.05, 3.63) is 57.2 Å². The average molecular weight is 396 g/mol. The molecule has 6 heteroatoms. The van der Waals surface area contributed by atoms with E-state index in [1.807, 2.05) is 18.2 Å². The predicted octanol–water partition coefficient (Wildman–Crippen LogP) is 3.94. The van der Waals surface area contributed by atoms with Crippen molar-refractivity contribution in [2.24, 2.45) is 0 Å². The lowest BCUT2D eigenvalue weighted by Crippen LogP contribution is -2.19. The summed E-state index contributed by atoms with van der Waals surface area (Å²) < 4.78 is 1.01. The van der Waals surface area contributed by atoms with Gasteiger partial charge in [0, 0.05) is 14.9 Å². The smallest absolute Gasteiger partial charge is 0.336 e. The Morgan fingerprint density at radius 1 is 1.05 bits per heavy atom. The first-order valence-electron chi connectivity index (χ1n) is 6.13. The molecule has 0 unspecified atom stereocenters. The number of hydrogen-bond acceptors (Lipinski definition) is 2. The number of halogens is 1. The largest absolute Gasteiger partial charge is 0.478 e. The van der Waals surface area contributed by atoms with E-state index in [0.717, 1.165) is 3.57 Å². The fraction of sp³-hybridized carbons (Fsp3) is 0.0667. The highest BCUT2D eigenvalue weighted by Gasteiger charge is 2.09. The van der Waals surface area contributed by atoms with Crippen molar-refractivity contribution >= 4 is 46.0 Å². The molecule has 2 amide bonds. The van der Waals surface area contributed by atoms with Crippen LogP contribution in [0.1, 0.15) is 15.9 Å². The molecule has 0 saturated heterocycles. The maximum Gasteiger partial charge on any atom is 0.336 e. The summed E-state index contributed by atoms with van der Waals surface area (Å²) in [6, 6.07) is 11.7. The van der Waals surface area contributed by atoms with Crippen molar-refractivity contribution in [1.82, 2.24) is 0 Å². The fourth-order valence-electron chi connectivity index (χ4n) is 1.79. The number of rotatable bonds is 3. The molecule has 0 saturated carbocycles. The molecule has 3 N–H and O–H groups in total. The zero-order valence-corrected chi connectivity index (χ0v) is 13.3. The summed E-state index contributed by atoms with van der Waals surface area (Å²) in [5.74, 6) is -1.02. The van der Waals surface area contributed by atoms with Gasteiger partial charge in [-0.15, -0.1) is 0 Å². The molecule has 0 heterocycles. The van der Waals surface area contributed by atoms with Crippen LogP contribution in [0.25, 0.3) is 0 Å². The van der Waals surface area contributed by atoms with Gasteiger partial charge < -0.3 is 15.7 Å². The monoisotopic (exact) mass is 396 g/mol. The number of carboxylic acids is 1. The molecule has 0 aliphatic heterocycles. The van der Waals surface area contributed by atoms with Crippen LogP contribution >= 0.6 is 22.6 Å². The van der Waals surface area contributed by atoms with Crippen LogP contribution in [0, 0.1) is 10.5 Å². The normalized spacial score (nSPS) is 10.0. The van der Waals surface area contributed by atoms with Crippen LogP contribution in [-0.2, 0) is 0 Å². The van der Waals surface area contributed by atoms with Crippen LogP contribution in [-0.4, -0.2) is 17.1 Å². The van der Waals surface area contributed by atoms with Gasteiger partial charge in [-0.1, -0.05) is 12.1 Å². The molecule has 0 radical (unpaired) electrons. The van der Waals surface area contributed by atoms with Crippen molar-refractivity contribution in [2.45, 2.75) is 6.92 Å². The molecule has 5 nitrogen and oxygen atoms in total. The lowest BCUT2D eigenvalue weighted by molar-refractivity contribution is 0.0696. The number of benzene rings is 2. The zero-order valence-electron chi connectivity index (χ0n) is 11.2. The molecule has 0 aromatic heterocycles. The first-order valence-corrected chi connectivity index (χ1v) is 7.21. The summed E-state index contributed by atoms with van der Waals surface area (Å²) in [7, 11) is 0. The van der Waals surface area contributed by atoms with E-state index in [1.54, 1.807) is 25.1 Å². The van der Waals surface area contributed by atoms with Crippen LogP contribution < -0.4 is 10.6 Å². The van der Waals surface area contributed by atoms with Crippen LogP contribution in [0.15, 0.2) is 42.5 Å². The number of carbonyl (C=O) groups is 2. The molecule has 2 rings (SSSR count). The molecule has 2 aromatic carbocycles. The van der Waals surface area contributed by atoms with Gasteiger partial charge in [-0.05, 0) is 65.4 Å². The highest BCUT2D eigenvalue weighted by atomic mass is 127. The summed E-state index contributed by atoms with van der Waals surface area (Å²) >= 11 is 2.15. The molecule has 0 fully saturated rings. The van der Waals surface area contributed by atoms with Gasteiger partial charge in [-0.3, -0.25) is 0 Å². The van der Waals surface area contributed by atoms with Gasteiger partial charge >= 0.3 is 12.0 Å². The molecule has 0 aliphatic carbocycles. The summed E-state index contributed by atoms with van der Waals surface area (Å²) in [6.07, 6.45) is 0. The highest BCUT2D eigenvalue weighted by Crippen LogP contribution is 2.17. The Balaban J connectivity index is 2.09. The summed E-state index contributed by atoms with van der Waals surface area (Å²) in [5, 5.41) is 14.4. The number of amides is 2. The van der Waals surface area contributed by atoms with Gasteiger partial charge in [0.15, 0.2) is 0 Å². The molecule has 0 spiro atoms. The highest BCUT2D eigenvalue weighted by molar-refractivity contribution is 14.1. The zero-order chi connectivity index (χ0) is 15.4. The topological polar surface area (TPSA) is 78.4 Å². The Morgan fingerprint density at radius 2 is 1.71 bits per heavy atom. The maximum absolute atomic E-state index is 11.9. The first-order chi connectivity index (χ1) is 9.95. The van der Waals surface area contributed by atoms with Gasteiger partial charge in [0.25, 0.3) is 0 Å². The SMILES string of the molecule is Cc1ccc(NC(=O)Nc2cccc(I)c2)cc1C(=O)O. The minimum Gasteiger partial charge on any atom is -0.478 e. The van der Waals surface area contributed by atoms with E-state index in [-0.39, 0.29) is 5.56 Å². The molecule has 2 aromatic rings. The van der Waals surface area contributed by atoms with Gasteiger partial charge in [-0.25, -0.2) is 9.59 Å². The maximum atomic E-state index is 11.9. The van der Waals surface area contributed by atoms with E-state index in [2.05, 4.69) is 33.2 Å². The van der Waals surface area contributed by atoms with E-state index in [9.17, 15) is 9.59 Å². The van der Waals surface area contributed by atoms with Crippen molar-refractivity contribution in [3.8, 4) is 0 Å². The Labute approximate surface area is 135 Å². The second kappa shape index (κ2) is 6.57. The molecular formula is C15H13IN2O3. The van der Waals surface area contributed by atoms with Crippen molar-refractivity contribution in [3.63, 3.8) is 0 Å². The van der Waals surface area contributed by atoms with Crippen LogP contribution in [0.4, 0.5) is 16.2 Å². The minimum atomic E-state index is -1.02. The number of carboxylic acid groups (broad SMARTS) is 1. The first kappa shape index (κ1) is 15.3. The molecule has 21 heavy (non-hydrogen) atoms. The average Bonchev–Trinajstić information content (AvgIpc) is 2.40. The Bertz CT molecular complexity index is 701. The Hall–Kier alpha value is -2.09. The third kappa shape index (κ3) is 4.19. The number of nitrogens with one attached hydrogen (secondary N) is 2. The van der Waals surface area contributed by atoms with E-state index in [1.165, 1.54) is 6.07 Å². The molecule has 0 atom stereocenters. The minimum absolute atomic E-state index is 0.169. The fourth-order valence-corrected chi connectivity index (χ4v) is 2.33. The van der Waals surface area contributed by atoms with Crippen molar-refractivity contribution in [2.75, 3.05) is 10.6 Å². The van der Waals surface area contributed by atoms with E-state index in [0.29, 0.717) is 16.9 Å². The molecule has 0 bridgehead atoms. The number of anilines is 2. The Morgan fingerprint density at radius 3 is 2.33 bits per heavy atom. The van der Waals surface area contributed by atoms with Gasteiger partial charge in [0.05, 0.1) is 5.56 Å². The third-order valence-electron chi connectivity index (χ3n) is 2.81. The second-order valence-corrected chi connectivity index (χ2v) is 5.67. The number of carbonyl (C=O) groups excluding carboxylic acids is 1. The van der Waals surface area contributed by atoms with Gasteiger partial charge in [0.1, 0.15) is 0 Å². The summed E-state index contributed by atoms with van der Waals surface area (Å²) in [4.78, 5) is 22.9. The summed E-state index contributed by atoms with van der Waals surface area (Å²) in [6.45, 7) is 1.71. The number of aromatic carboxylic acids is 1. The molecule has 108 valence electrons. The lowest BCUT2D eigenvalue weighted by Gasteiger charge is -2.09. The van der Waals surface area contributed by atoms with E-state index >= 15 is 0 Å². The van der Waals surface area contributed by atoms with Gasteiger partial charge in [-0.2, -0.15) is 0 Å². The quantitative estimate of drug-likeness (QED) is 0.688. The Kier molecular flexibility index (Phi) is 4.79. The summed E-state index contributed by atoms with van der Waals surface area (Å²) in [5.41, 5.74) is 1.92. The standard InChI is InChI=1S/C15H13IN2O3/c1-9-5-6-12(8-13(9)14(19)20)18-15(21)17-11-4-2-3-10(16)7-11/h2-8H,1H3,(H,19,20)(H2,17,18,21). The van der Waals surface area contributed by atoms with Gasteiger partial charge in [0.2, 0.25) is 0 Å². The third-order valence-corrected chi connectivity index (χ3v) is 3.48. The van der Waals surface area contributed by atoms with E-state index < -0.39 is 12.0 Å². The number of urea groups is 1. The van der Waals surface area contributed by atoms with Crippen LogP contribution in [0.5, 0.6) is 0 Å². The van der Waals surface area contributed by atoms with Crippen molar-refractivity contribution in [1.29, 1.82) is 0 Å². The predicted molar refractivity (Wildman–Crippen MR) is 89.9 cm³/mol. The molecular weight excluding hydrogens is 383 g/mol. The van der Waals surface area contributed by atoms with Crippen LogP contribution in [0.2, 0.25) is 0 Å². The van der Waals surface area contributed by atoms with Crippen LogP contribution in [0.3, 0.4) is 0 Å². The lowest BCUT2D eigenvalue weighted by atomic mass is 10.1. The number of hydrogen-bond donors (Lipinski definition) is 3. The molecule has 0 aliphatic rings. The van der Waals surface area contributed by atoms with Crippen molar-refractivity contribution < 1.29 is 14.7 Å². The number of aryl methyl sites for hydroxylation is 1.